The van der Waals surface area contributed by atoms with Crippen molar-refractivity contribution >= 4 is 38.6 Å². The summed E-state index contributed by atoms with van der Waals surface area (Å²) in [5, 5.41) is 0.313. The molecule has 1 atom stereocenters. The van der Waals surface area contributed by atoms with E-state index in [4.69, 9.17) is 17.3 Å². The number of aromatic nitrogens is 2. The molecule has 3 rings (SSSR count). The molecule has 0 aliphatic rings. The van der Waals surface area contributed by atoms with Crippen molar-refractivity contribution in [2.45, 2.75) is 6.04 Å². The molecule has 0 bridgehead atoms. The number of H-pyrrole nitrogens is 2. The van der Waals surface area contributed by atoms with Crippen molar-refractivity contribution in [2.24, 2.45) is 5.73 Å². The zero-order chi connectivity index (χ0) is 15.1. The number of nitrogens with two attached hydrogens (primary N) is 1. The minimum atomic E-state index is -0.681. The average molecular weight is 371 g/mol. The van der Waals surface area contributed by atoms with Crippen molar-refractivity contribution in [3.8, 4) is 0 Å². The van der Waals surface area contributed by atoms with Crippen LogP contribution in [0.4, 0.5) is 4.39 Å². The number of rotatable bonds is 2. The Kier molecular flexibility index (Phi) is 3.61. The van der Waals surface area contributed by atoms with E-state index in [9.17, 15) is 9.18 Å². The second-order valence-corrected chi connectivity index (χ2v) is 5.93. The molecule has 0 saturated heterocycles. The molecule has 4 N–H and O–H groups in total. The number of imidazole rings is 1. The van der Waals surface area contributed by atoms with Gasteiger partial charge in [0.2, 0.25) is 0 Å². The van der Waals surface area contributed by atoms with Crippen LogP contribution in [0.3, 0.4) is 0 Å². The zero-order valence-corrected chi connectivity index (χ0v) is 12.9. The number of benzene rings is 2. The molecule has 0 fully saturated rings. The largest absolute Gasteiger partial charge is 0.323 e. The molecule has 4 nitrogen and oxygen atoms in total. The zero-order valence-electron chi connectivity index (χ0n) is 10.6. The molecule has 21 heavy (non-hydrogen) atoms. The Balaban J connectivity index is 2.14. The van der Waals surface area contributed by atoms with E-state index in [2.05, 4.69) is 25.9 Å². The fourth-order valence-corrected chi connectivity index (χ4v) is 2.98. The predicted molar refractivity (Wildman–Crippen MR) is 84.1 cm³/mol. The number of aromatic amines is 2. The van der Waals surface area contributed by atoms with Crippen LogP contribution in [0.5, 0.6) is 0 Å². The summed E-state index contributed by atoms with van der Waals surface area (Å²) < 4.78 is 14.7. The molecule has 7 heteroatoms. The topological polar surface area (TPSA) is 74.7 Å². The lowest BCUT2D eigenvalue weighted by Crippen LogP contribution is -2.14. The lowest BCUT2D eigenvalue weighted by atomic mass is 9.99. The lowest BCUT2D eigenvalue weighted by molar-refractivity contribution is 0.599. The number of hydrogen-bond acceptors (Lipinski definition) is 2. The van der Waals surface area contributed by atoms with Gasteiger partial charge in [-0.1, -0.05) is 33.6 Å². The molecule has 3 aromatic rings. The van der Waals surface area contributed by atoms with Gasteiger partial charge in [0.15, 0.2) is 0 Å². The van der Waals surface area contributed by atoms with Crippen LogP contribution >= 0.6 is 27.5 Å². The van der Waals surface area contributed by atoms with Gasteiger partial charge in [0.1, 0.15) is 5.82 Å². The Morgan fingerprint density at radius 3 is 2.48 bits per heavy atom. The summed E-state index contributed by atoms with van der Waals surface area (Å²) in [6.07, 6.45) is 0. The van der Waals surface area contributed by atoms with Gasteiger partial charge in [-0.05, 0) is 29.8 Å². The molecular weight excluding hydrogens is 361 g/mol. The molecule has 0 aliphatic carbocycles. The SMILES string of the molecule is NC(c1ccc(Cl)cc1F)c1cc2[nH]c(=O)[nH]c2cc1Br. The lowest BCUT2D eigenvalue weighted by Gasteiger charge is -2.15. The second-order valence-electron chi connectivity index (χ2n) is 4.64. The standard InChI is InChI=1S/C14H10BrClFN3O/c15-9-5-12-11(19-14(21)20-12)4-8(9)13(18)7-2-1-6(16)3-10(7)17/h1-5,13H,18H2,(H2,19,20,21). The maximum atomic E-state index is 14.0. The molecule has 0 radical (unpaired) electrons. The fourth-order valence-electron chi connectivity index (χ4n) is 2.23. The third-order valence-electron chi connectivity index (χ3n) is 3.27. The maximum absolute atomic E-state index is 14.0. The Hall–Kier alpha value is -1.63. The number of hydrogen-bond donors (Lipinski definition) is 3. The van der Waals surface area contributed by atoms with Crippen LogP contribution in [0.2, 0.25) is 5.02 Å². The monoisotopic (exact) mass is 369 g/mol. The first-order valence-electron chi connectivity index (χ1n) is 6.07. The highest BCUT2D eigenvalue weighted by Gasteiger charge is 2.18. The van der Waals surface area contributed by atoms with E-state index < -0.39 is 11.9 Å². The highest BCUT2D eigenvalue weighted by atomic mass is 79.9. The van der Waals surface area contributed by atoms with Crippen LogP contribution in [0.25, 0.3) is 11.0 Å². The Bertz CT molecular complexity index is 890. The van der Waals surface area contributed by atoms with Crippen LogP contribution in [-0.2, 0) is 0 Å². The van der Waals surface area contributed by atoms with Gasteiger partial charge in [0, 0.05) is 15.1 Å². The molecule has 0 aliphatic heterocycles. The van der Waals surface area contributed by atoms with Crippen molar-refractivity contribution < 1.29 is 4.39 Å². The summed E-state index contributed by atoms with van der Waals surface area (Å²) in [7, 11) is 0. The quantitative estimate of drug-likeness (QED) is 0.646. The summed E-state index contributed by atoms with van der Waals surface area (Å²) in [6, 6.07) is 7.14. The number of halogens is 3. The van der Waals surface area contributed by atoms with Gasteiger partial charge in [-0.15, -0.1) is 0 Å². The third kappa shape index (κ3) is 2.62. The summed E-state index contributed by atoms with van der Waals surface area (Å²) >= 11 is 9.15. The highest BCUT2D eigenvalue weighted by Crippen LogP contribution is 2.31. The van der Waals surface area contributed by atoms with Crippen LogP contribution < -0.4 is 11.4 Å². The summed E-state index contributed by atoms with van der Waals surface area (Å²) in [6.45, 7) is 0. The van der Waals surface area contributed by atoms with E-state index in [0.717, 1.165) is 0 Å². The van der Waals surface area contributed by atoms with Gasteiger partial charge in [-0.3, -0.25) is 0 Å². The molecule has 1 heterocycles. The molecule has 0 spiro atoms. The van der Waals surface area contributed by atoms with Crippen molar-refractivity contribution in [3.63, 3.8) is 0 Å². The van der Waals surface area contributed by atoms with E-state index in [-0.39, 0.29) is 5.69 Å². The van der Waals surface area contributed by atoms with Crippen LogP contribution in [0.1, 0.15) is 17.2 Å². The van der Waals surface area contributed by atoms with Gasteiger partial charge in [0.05, 0.1) is 17.1 Å². The van der Waals surface area contributed by atoms with Gasteiger partial charge >= 0.3 is 5.69 Å². The predicted octanol–water partition coefficient (Wildman–Crippen LogP) is 3.46. The normalized spacial score (nSPS) is 12.8. The molecule has 1 unspecified atom stereocenters. The highest BCUT2D eigenvalue weighted by molar-refractivity contribution is 9.10. The maximum Gasteiger partial charge on any atom is 0.323 e. The van der Waals surface area contributed by atoms with Crippen LogP contribution in [0, 0.1) is 5.82 Å². The first kappa shape index (κ1) is 14.3. The smallest absolute Gasteiger partial charge is 0.320 e. The fraction of sp³-hybridized carbons (Fsp3) is 0.0714. The molecule has 0 amide bonds. The molecule has 108 valence electrons. The Morgan fingerprint density at radius 2 is 1.81 bits per heavy atom. The van der Waals surface area contributed by atoms with E-state index in [1.165, 1.54) is 6.07 Å². The molecular formula is C14H10BrClFN3O. The van der Waals surface area contributed by atoms with Crippen molar-refractivity contribution in [2.75, 3.05) is 0 Å². The van der Waals surface area contributed by atoms with Gasteiger partial charge in [-0.25, -0.2) is 9.18 Å². The molecule has 1 aromatic heterocycles. The van der Waals surface area contributed by atoms with Gasteiger partial charge in [-0.2, -0.15) is 0 Å². The first-order valence-corrected chi connectivity index (χ1v) is 7.25. The van der Waals surface area contributed by atoms with Gasteiger partial charge in [0.25, 0.3) is 0 Å². The van der Waals surface area contributed by atoms with Gasteiger partial charge < -0.3 is 15.7 Å². The minimum Gasteiger partial charge on any atom is -0.320 e. The second kappa shape index (κ2) is 5.29. The Morgan fingerprint density at radius 1 is 1.14 bits per heavy atom. The van der Waals surface area contributed by atoms with E-state index in [1.54, 1.807) is 24.3 Å². The molecule has 0 saturated carbocycles. The van der Waals surface area contributed by atoms with E-state index in [0.29, 0.717) is 31.7 Å². The number of nitrogens with one attached hydrogen (secondary N) is 2. The van der Waals surface area contributed by atoms with Crippen LogP contribution in [0.15, 0.2) is 39.6 Å². The summed E-state index contributed by atoms with van der Waals surface area (Å²) in [5.74, 6) is -0.468. The van der Waals surface area contributed by atoms with Crippen molar-refractivity contribution in [3.05, 3.63) is 67.3 Å². The first-order chi connectivity index (χ1) is 9.95. The van der Waals surface area contributed by atoms with Crippen molar-refractivity contribution in [1.29, 1.82) is 0 Å². The summed E-state index contributed by atoms with van der Waals surface area (Å²) in [4.78, 5) is 16.6. The van der Waals surface area contributed by atoms with E-state index >= 15 is 0 Å². The van der Waals surface area contributed by atoms with Crippen molar-refractivity contribution in [1.82, 2.24) is 9.97 Å². The number of fused-ring (bicyclic) bond motifs is 1. The minimum absolute atomic E-state index is 0.305. The average Bonchev–Trinajstić information content (AvgIpc) is 2.76. The Labute approximate surface area is 132 Å². The third-order valence-corrected chi connectivity index (χ3v) is 4.19. The molecule has 2 aromatic carbocycles. The van der Waals surface area contributed by atoms with E-state index in [1.807, 2.05) is 0 Å². The summed E-state index contributed by atoms with van der Waals surface area (Å²) in [5.41, 5.74) is 8.11. The van der Waals surface area contributed by atoms with Crippen LogP contribution in [-0.4, -0.2) is 9.97 Å².